The van der Waals surface area contributed by atoms with E-state index in [9.17, 15) is 9.90 Å². The third kappa shape index (κ3) is 2.28. The van der Waals surface area contributed by atoms with E-state index in [2.05, 4.69) is 4.98 Å². The Hall–Kier alpha value is -1.56. The quantitative estimate of drug-likeness (QED) is 0.911. The minimum absolute atomic E-state index is 0.555. The summed E-state index contributed by atoms with van der Waals surface area (Å²) in [5.74, 6) is -0.868. The molecule has 0 saturated carbocycles. The number of nitrogens with one attached hydrogen (secondary N) is 1. The molecule has 2 heterocycles. The summed E-state index contributed by atoms with van der Waals surface area (Å²) in [5.41, 5.74) is 1.56. The van der Waals surface area contributed by atoms with Crippen LogP contribution >= 0.6 is 11.6 Å². The third-order valence-electron chi connectivity index (χ3n) is 3.62. The summed E-state index contributed by atoms with van der Waals surface area (Å²) in [4.78, 5) is 16.7. The molecule has 1 aromatic carbocycles. The van der Waals surface area contributed by atoms with Gasteiger partial charge >= 0.3 is 5.97 Å². The molecule has 1 aromatic heterocycles. The molecular weight excluding hydrogens is 280 g/mol. The molecule has 1 fully saturated rings. The second-order valence-corrected chi connectivity index (χ2v) is 5.20. The Labute approximate surface area is 121 Å². The lowest BCUT2D eigenvalue weighted by Gasteiger charge is -2.31. The van der Waals surface area contributed by atoms with Crippen molar-refractivity contribution in [2.75, 3.05) is 26.3 Å². The van der Waals surface area contributed by atoms with Gasteiger partial charge in [0.2, 0.25) is 0 Å². The maximum Gasteiger partial charge on any atom is 0.325 e. The SMILES string of the molecule is O=C(O)[C@@H](c1c[nH]c2cccc(Cl)c12)N1CCOCC1. The number of carboxylic acid groups (broad SMARTS) is 1. The van der Waals surface area contributed by atoms with Gasteiger partial charge in [0.25, 0.3) is 0 Å². The maximum atomic E-state index is 11.7. The Bertz CT molecular complexity index is 634. The highest BCUT2D eigenvalue weighted by Crippen LogP contribution is 2.33. The standard InChI is InChI=1S/C14H15ClN2O3/c15-10-2-1-3-11-12(10)9(8-16-11)13(14(18)19)17-4-6-20-7-5-17/h1-3,8,13,16H,4-7H2,(H,18,19)/t13-/m1/s1. The normalized spacial score (nSPS) is 18.2. The van der Waals surface area contributed by atoms with Gasteiger partial charge in [-0.3, -0.25) is 9.69 Å². The van der Waals surface area contributed by atoms with Crippen LogP contribution in [0.4, 0.5) is 0 Å². The van der Waals surface area contributed by atoms with Gasteiger partial charge in [-0.2, -0.15) is 0 Å². The van der Waals surface area contributed by atoms with E-state index in [4.69, 9.17) is 16.3 Å². The molecule has 1 aliphatic heterocycles. The van der Waals surface area contributed by atoms with E-state index in [1.807, 2.05) is 17.0 Å². The van der Waals surface area contributed by atoms with Gasteiger partial charge in [-0.15, -0.1) is 0 Å². The third-order valence-corrected chi connectivity index (χ3v) is 3.94. The monoisotopic (exact) mass is 294 g/mol. The molecule has 0 bridgehead atoms. The van der Waals surface area contributed by atoms with Crippen molar-refractivity contribution in [1.29, 1.82) is 0 Å². The van der Waals surface area contributed by atoms with E-state index >= 15 is 0 Å². The average molecular weight is 295 g/mol. The van der Waals surface area contributed by atoms with Crippen molar-refractivity contribution in [2.45, 2.75) is 6.04 Å². The number of halogens is 1. The summed E-state index contributed by atoms with van der Waals surface area (Å²) in [6.07, 6.45) is 1.74. The fourth-order valence-electron chi connectivity index (χ4n) is 2.70. The molecule has 0 unspecified atom stereocenters. The highest BCUT2D eigenvalue weighted by Gasteiger charge is 2.31. The van der Waals surface area contributed by atoms with Gasteiger partial charge < -0.3 is 14.8 Å². The molecule has 1 atom stereocenters. The number of aromatic amines is 1. The molecule has 20 heavy (non-hydrogen) atoms. The first-order valence-electron chi connectivity index (χ1n) is 6.48. The number of fused-ring (bicyclic) bond motifs is 1. The Balaban J connectivity index is 2.07. The molecule has 0 spiro atoms. The zero-order valence-electron chi connectivity index (χ0n) is 10.8. The molecule has 0 amide bonds. The molecule has 2 N–H and O–H groups in total. The number of hydrogen-bond donors (Lipinski definition) is 2. The highest BCUT2D eigenvalue weighted by molar-refractivity contribution is 6.35. The van der Waals surface area contributed by atoms with Gasteiger partial charge in [-0.1, -0.05) is 17.7 Å². The van der Waals surface area contributed by atoms with Crippen LogP contribution in [0, 0.1) is 0 Å². The van der Waals surface area contributed by atoms with Gasteiger partial charge in [0.05, 0.1) is 18.2 Å². The second-order valence-electron chi connectivity index (χ2n) is 4.80. The van der Waals surface area contributed by atoms with Crippen molar-refractivity contribution in [2.24, 2.45) is 0 Å². The molecular formula is C14H15ClN2O3. The van der Waals surface area contributed by atoms with Gasteiger partial charge in [-0.25, -0.2) is 0 Å². The molecule has 1 aliphatic rings. The van der Waals surface area contributed by atoms with Crippen molar-refractivity contribution in [3.8, 4) is 0 Å². The largest absolute Gasteiger partial charge is 0.480 e. The van der Waals surface area contributed by atoms with Crippen LogP contribution in [0.1, 0.15) is 11.6 Å². The lowest BCUT2D eigenvalue weighted by atomic mass is 10.0. The fraction of sp³-hybridized carbons (Fsp3) is 0.357. The predicted molar refractivity (Wildman–Crippen MR) is 76.1 cm³/mol. The number of rotatable bonds is 3. The molecule has 5 nitrogen and oxygen atoms in total. The molecule has 0 radical (unpaired) electrons. The van der Waals surface area contributed by atoms with Crippen molar-refractivity contribution in [3.63, 3.8) is 0 Å². The number of benzene rings is 1. The molecule has 0 aliphatic carbocycles. The van der Waals surface area contributed by atoms with Crippen molar-refractivity contribution in [1.82, 2.24) is 9.88 Å². The highest BCUT2D eigenvalue weighted by atomic mass is 35.5. The second kappa shape index (κ2) is 5.44. The minimum Gasteiger partial charge on any atom is -0.480 e. The number of hydrogen-bond acceptors (Lipinski definition) is 3. The average Bonchev–Trinajstić information content (AvgIpc) is 2.85. The zero-order valence-corrected chi connectivity index (χ0v) is 11.6. The van der Waals surface area contributed by atoms with E-state index in [-0.39, 0.29) is 0 Å². The van der Waals surface area contributed by atoms with Gasteiger partial charge in [0.1, 0.15) is 6.04 Å². The summed E-state index contributed by atoms with van der Waals surface area (Å²) in [6, 6.07) is 4.81. The first-order chi connectivity index (χ1) is 9.68. The van der Waals surface area contributed by atoms with E-state index in [1.165, 1.54) is 0 Å². The van der Waals surface area contributed by atoms with Crippen LogP contribution < -0.4 is 0 Å². The molecule has 6 heteroatoms. The van der Waals surface area contributed by atoms with E-state index in [0.717, 1.165) is 10.9 Å². The lowest BCUT2D eigenvalue weighted by Crippen LogP contribution is -2.42. The van der Waals surface area contributed by atoms with Crippen LogP contribution in [0.2, 0.25) is 5.02 Å². The number of aliphatic carboxylic acids is 1. The Morgan fingerprint density at radius 1 is 1.40 bits per heavy atom. The number of ether oxygens (including phenoxy) is 1. The van der Waals surface area contributed by atoms with Crippen LogP contribution in [0.5, 0.6) is 0 Å². The number of morpholine rings is 1. The van der Waals surface area contributed by atoms with E-state index in [0.29, 0.717) is 36.9 Å². The van der Waals surface area contributed by atoms with Crippen LogP contribution in [0.15, 0.2) is 24.4 Å². The Morgan fingerprint density at radius 2 is 2.15 bits per heavy atom. The summed E-state index contributed by atoms with van der Waals surface area (Å²) >= 11 is 6.24. The first kappa shape index (κ1) is 13.4. The Kier molecular flexibility index (Phi) is 3.65. The van der Waals surface area contributed by atoms with Gasteiger partial charge in [0, 0.05) is 35.8 Å². The number of carbonyl (C=O) groups is 1. The number of nitrogens with zero attached hydrogens (tertiary/aromatic N) is 1. The number of carboxylic acids is 1. The van der Waals surface area contributed by atoms with Crippen LogP contribution in [-0.2, 0) is 9.53 Å². The molecule has 2 aromatic rings. The zero-order chi connectivity index (χ0) is 14.1. The van der Waals surface area contributed by atoms with Crippen molar-refractivity contribution >= 4 is 28.5 Å². The lowest BCUT2D eigenvalue weighted by molar-refractivity contribution is -0.145. The summed E-state index contributed by atoms with van der Waals surface area (Å²) in [6.45, 7) is 2.32. The van der Waals surface area contributed by atoms with E-state index < -0.39 is 12.0 Å². The fourth-order valence-corrected chi connectivity index (χ4v) is 2.99. The van der Waals surface area contributed by atoms with Crippen molar-refractivity contribution in [3.05, 3.63) is 35.0 Å². The van der Waals surface area contributed by atoms with Crippen LogP contribution in [0.3, 0.4) is 0 Å². The van der Waals surface area contributed by atoms with Gasteiger partial charge in [0.15, 0.2) is 0 Å². The van der Waals surface area contributed by atoms with Crippen molar-refractivity contribution < 1.29 is 14.6 Å². The summed E-state index contributed by atoms with van der Waals surface area (Å²) in [7, 11) is 0. The van der Waals surface area contributed by atoms with Gasteiger partial charge in [-0.05, 0) is 12.1 Å². The maximum absolute atomic E-state index is 11.7. The molecule has 3 rings (SSSR count). The topological polar surface area (TPSA) is 65.6 Å². The first-order valence-corrected chi connectivity index (χ1v) is 6.86. The summed E-state index contributed by atoms with van der Waals surface area (Å²) < 4.78 is 5.29. The van der Waals surface area contributed by atoms with Crippen LogP contribution in [0.25, 0.3) is 10.9 Å². The smallest absolute Gasteiger partial charge is 0.325 e. The summed E-state index contributed by atoms with van der Waals surface area (Å²) in [5, 5.41) is 11.0. The minimum atomic E-state index is -0.868. The predicted octanol–water partition coefficient (Wildman–Crippen LogP) is 2.28. The van der Waals surface area contributed by atoms with Crippen LogP contribution in [-0.4, -0.2) is 47.3 Å². The number of H-pyrrole nitrogens is 1. The molecule has 1 saturated heterocycles. The van der Waals surface area contributed by atoms with E-state index in [1.54, 1.807) is 12.3 Å². The molecule has 106 valence electrons. The Morgan fingerprint density at radius 3 is 2.85 bits per heavy atom. The number of aromatic nitrogens is 1.